The molecule has 2 nitrogen and oxygen atoms in total. The molecule has 1 aromatic carbocycles. The molecule has 1 aromatic rings. The minimum absolute atomic E-state index is 0.319. The van der Waals surface area contributed by atoms with Gasteiger partial charge in [-0.05, 0) is 56.6 Å². The second-order valence-corrected chi connectivity index (χ2v) is 7.45. The number of benzene rings is 1. The van der Waals surface area contributed by atoms with E-state index < -0.39 is 0 Å². The Labute approximate surface area is 148 Å². The van der Waals surface area contributed by atoms with Crippen molar-refractivity contribution < 1.29 is 9.47 Å². The molecule has 0 atom stereocenters. The number of ether oxygens (including phenoxy) is 2. The Morgan fingerprint density at radius 3 is 2.26 bits per heavy atom. The van der Waals surface area contributed by atoms with Crippen LogP contribution < -0.4 is 0 Å². The fourth-order valence-corrected chi connectivity index (χ4v) is 4.03. The predicted octanol–water partition coefficient (Wildman–Crippen LogP) is 6.04. The van der Waals surface area contributed by atoms with Gasteiger partial charge in [0.25, 0.3) is 0 Å². The third-order valence-corrected chi connectivity index (χ3v) is 5.83. The summed E-state index contributed by atoms with van der Waals surface area (Å²) >= 11 is 12.0. The van der Waals surface area contributed by atoms with Crippen molar-refractivity contribution in [2.75, 3.05) is 13.2 Å². The maximum Gasteiger partial charge on any atom is 0.183 e. The van der Waals surface area contributed by atoms with E-state index in [-0.39, 0.29) is 6.29 Å². The van der Waals surface area contributed by atoms with Crippen LogP contribution in [0.5, 0.6) is 0 Å². The standard InChI is InChI=1S/C19H24Cl2O2/c1-2-3-13-4-6-14(7-5-13)16-11-22-19(23-12-16)15-8-9-17(20)18(21)10-15/h2-3,8-10,13-14,16,19H,4-7,11-12H2,1H3/b3-2+. The van der Waals surface area contributed by atoms with Crippen LogP contribution in [0.4, 0.5) is 0 Å². The van der Waals surface area contributed by atoms with Crippen LogP contribution in [0.15, 0.2) is 30.4 Å². The molecule has 1 aliphatic heterocycles. The van der Waals surface area contributed by atoms with Crippen LogP contribution in [0.2, 0.25) is 10.0 Å². The first-order chi connectivity index (χ1) is 11.2. The Morgan fingerprint density at radius 2 is 1.65 bits per heavy atom. The molecule has 1 saturated carbocycles. The van der Waals surface area contributed by atoms with E-state index in [1.165, 1.54) is 25.7 Å². The highest BCUT2D eigenvalue weighted by Crippen LogP contribution is 2.38. The smallest absolute Gasteiger partial charge is 0.183 e. The molecule has 1 saturated heterocycles. The molecule has 0 unspecified atom stereocenters. The Balaban J connectivity index is 1.51. The molecular formula is C19H24Cl2O2. The van der Waals surface area contributed by atoms with Crippen LogP contribution in [-0.2, 0) is 9.47 Å². The van der Waals surface area contributed by atoms with E-state index in [0.717, 1.165) is 30.6 Å². The average Bonchev–Trinajstić information content (AvgIpc) is 2.59. The van der Waals surface area contributed by atoms with Gasteiger partial charge in [-0.25, -0.2) is 0 Å². The lowest BCUT2D eigenvalue weighted by molar-refractivity contribution is -0.214. The first-order valence-electron chi connectivity index (χ1n) is 8.48. The third-order valence-electron chi connectivity index (χ3n) is 5.09. The van der Waals surface area contributed by atoms with Crippen LogP contribution in [0.1, 0.15) is 44.5 Å². The lowest BCUT2D eigenvalue weighted by atomic mass is 9.76. The molecular weight excluding hydrogens is 331 g/mol. The third kappa shape index (κ3) is 4.30. The minimum atomic E-state index is -0.319. The monoisotopic (exact) mass is 354 g/mol. The van der Waals surface area contributed by atoms with E-state index in [9.17, 15) is 0 Å². The quantitative estimate of drug-likeness (QED) is 0.616. The maximum absolute atomic E-state index is 6.07. The predicted molar refractivity (Wildman–Crippen MR) is 94.9 cm³/mol. The molecule has 3 rings (SSSR count). The number of hydrogen-bond donors (Lipinski definition) is 0. The van der Waals surface area contributed by atoms with E-state index in [1.807, 2.05) is 12.1 Å². The number of hydrogen-bond acceptors (Lipinski definition) is 2. The molecule has 126 valence electrons. The molecule has 4 heteroatoms. The second kappa shape index (κ2) is 8.02. The van der Waals surface area contributed by atoms with Gasteiger partial charge in [0.1, 0.15) is 0 Å². The normalized spacial score (nSPS) is 32.3. The van der Waals surface area contributed by atoms with E-state index in [0.29, 0.717) is 16.0 Å². The highest BCUT2D eigenvalue weighted by Gasteiger charge is 2.32. The average molecular weight is 355 g/mol. The van der Waals surface area contributed by atoms with Crippen molar-refractivity contribution in [3.63, 3.8) is 0 Å². The van der Waals surface area contributed by atoms with Crippen molar-refractivity contribution in [2.24, 2.45) is 17.8 Å². The van der Waals surface area contributed by atoms with E-state index in [2.05, 4.69) is 19.1 Å². The molecule has 0 radical (unpaired) electrons. The molecule has 1 aliphatic carbocycles. The van der Waals surface area contributed by atoms with Crippen molar-refractivity contribution in [1.82, 2.24) is 0 Å². The van der Waals surface area contributed by atoms with E-state index in [1.54, 1.807) is 6.07 Å². The summed E-state index contributed by atoms with van der Waals surface area (Å²) in [6.45, 7) is 3.64. The summed E-state index contributed by atoms with van der Waals surface area (Å²) in [6.07, 6.45) is 9.36. The van der Waals surface area contributed by atoms with Crippen molar-refractivity contribution in [1.29, 1.82) is 0 Å². The molecule has 0 N–H and O–H groups in total. The Kier molecular flexibility index (Phi) is 6.03. The van der Waals surface area contributed by atoms with Gasteiger partial charge in [0.2, 0.25) is 0 Å². The van der Waals surface area contributed by atoms with Crippen LogP contribution in [0.3, 0.4) is 0 Å². The fraction of sp³-hybridized carbons (Fsp3) is 0.579. The second-order valence-electron chi connectivity index (χ2n) is 6.63. The minimum Gasteiger partial charge on any atom is -0.348 e. The summed E-state index contributed by atoms with van der Waals surface area (Å²) in [5.41, 5.74) is 0.939. The molecule has 0 amide bonds. The number of halogens is 2. The zero-order valence-electron chi connectivity index (χ0n) is 13.5. The Hall–Kier alpha value is -0.540. The topological polar surface area (TPSA) is 18.5 Å². The van der Waals surface area contributed by atoms with Gasteiger partial charge in [-0.1, -0.05) is 41.4 Å². The molecule has 0 bridgehead atoms. The van der Waals surface area contributed by atoms with Gasteiger partial charge in [0.15, 0.2) is 6.29 Å². The summed E-state index contributed by atoms with van der Waals surface area (Å²) in [5.74, 6) is 2.01. The highest BCUT2D eigenvalue weighted by molar-refractivity contribution is 6.42. The van der Waals surface area contributed by atoms with Gasteiger partial charge in [0.05, 0.1) is 23.3 Å². The number of rotatable bonds is 3. The highest BCUT2D eigenvalue weighted by atomic mass is 35.5. The molecule has 0 aromatic heterocycles. The first-order valence-corrected chi connectivity index (χ1v) is 9.24. The summed E-state index contributed by atoms with van der Waals surface area (Å²) < 4.78 is 11.9. The summed E-state index contributed by atoms with van der Waals surface area (Å²) in [4.78, 5) is 0. The summed E-state index contributed by atoms with van der Waals surface area (Å²) in [7, 11) is 0. The lowest BCUT2D eigenvalue weighted by Crippen LogP contribution is -2.34. The summed E-state index contributed by atoms with van der Waals surface area (Å²) in [6, 6.07) is 5.54. The summed E-state index contributed by atoms with van der Waals surface area (Å²) in [5, 5.41) is 1.10. The molecule has 1 heterocycles. The van der Waals surface area contributed by atoms with Crippen molar-refractivity contribution in [3.05, 3.63) is 46.0 Å². The molecule has 2 fully saturated rings. The number of allylic oxidation sites excluding steroid dienone is 2. The van der Waals surface area contributed by atoms with Crippen LogP contribution >= 0.6 is 23.2 Å². The van der Waals surface area contributed by atoms with E-state index in [4.69, 9.17) is 32.7 Å². The van der Waals surface area contributed by atoms with Crippen molar-refractivity contribution in [3.8, 4) is 0 Å². The van der Waals surface area contributed by atoms with Crippen molar-refractivity contribution >= 4 is 23.2 Å². The van der Waals surface area contributed by atoms with Gasteiger partial charge in [-0.3, -0.25) is 0 Å². The zero-order chi connectivity index (χ0) is 16.2. The largest absolute Gasteiger partial charge is 0.348 e. The van der Waals surface area contributed by atoms with Crippen LogP contribution in [0, 0.1) is 17.8 Å². The fourth-order valence-electron chi connectivity index (χ4n) is 3.72. The van der Waals surface area contributed by atoms with Crippen LogP contribution in [0.25, 0.3) is 0 Å². The van der Waals surface area contributed by atoms with Crippen molar-refractivity contribution in [2.45, 2.75) is 38.9 Å². The molecule has 0 spiro atoms. The Bertz CT molecular complexity index is 542. The molecule has 23 heavy (non-hydrogen) atoms. The lowest BCUT2D eigenvalue weighted by Gasteiger charge is -2.37. The first kappa shape index (κ1) is 17.3. The van der Waals surface area contributed by atoms with Gasteiger partial charge >= 0.3 is 0 Å². The zero-order valence-corrected chi connectivity index (χ0v) is 15.0. The van der Waals surface area contributed by atoms with Gasteiger partial charge < -0.3 is 9.47 Å². The maximum atomic E-state index is 6.07. The van der Waals surface area contributed by atoms with E-state index >= 15 is 0 Å². The van der Waals surface area contributed by atoms with Crippen LogP contribution in [-0.4, -0.2) is 13.2 Å². The van der Waals surface area contributed by atoms with Gasteiger partial charge in [0, 0.05) is 11.5 Å². The SMILES string of the molecule is C/C=C/C1CCC(C2COC(c3ccc(Cl)c(Cl)c3)OC2)CC1. The Morgan fingerprint density at radius 1 is 0.957 bits per heavy atom. The van der Waals surface area contributed by atoms with Gasteiger partial charge in [-0.15, -0.1) is 0 Å². The molecule has 2 aliphatic rings. The van der Waals surface area contributed by atoms with Gasteiger partial charge in [-0.2, -0.15) is 0 Å².